The van der Waals surface area contributed by atoms with Crippen LogP contribution in [0.25, 0.3) is 0 Å². The van der Waals surface area contributed by atoms with Gasteiger partial charge < -0.3 is 4.74 Å². The SMILES string of the molecule is C=CC(C/C=C/C)OCC. The van der Waals surface area contributed by atoms with E-state index in [9.17, 15) is 0 Å². The van der Waals surface area contributed by atoms with Gasteiger partial charge in [-0.3, -0.25) is 0 Å². The second-order valence-electron chi connectivity index (χ2n) is 2.03. The van der Waals surface area contributed by atoms with Crippen LogP contribution in [0.1, 0.15) is 20.3 Å². The summed E-state index contributed by atoms with van der Waals surface area (Å²) < 4.78 is 5.32. The Labute approximate surface area is 63.4 Å². The molecule has 0 aliphatic rings. The standard InChI is InChI=1S/C9H16O/c1-4-7-8-9(5-2)10-6-3/h4-5,7,9H,2,6,8H2,1,3H3/b7-4+. The average Bonchev–Trinajstić information content (AvgIpc) is 1.98. The minimum Gasteiger partial charge on any atom is -0.374 e. The van der Waals surface area contributed by atoms with E-state index in [1.807, 2.05) is 26.0 Å². The van der Waals surface area contributed by atoms with Crippen LogP contribution in [0.5, 0.6) is 0 Å². The largest absolute Gasteiger partial charge is 0.374 e. The third-order valence-electron chi connectivity index (χ3n) is 1.25. The quantitative estimate of drug-likeness (QED) is 0.533. The molecule has 0 bridgehead atoms. The first kappa shape index (κ1) is 9.44. The van der Waals surface area contributed by atoms with E-state index in [1.54, 1.807) is 0 Å². The highest BCUT2D eigenvalue weighted by molar-refractivity contribution is 4.89. The number of ether oxygens (including phenoxy) is 1. The van der Waals surface area contributed by atoms with E-state index in [0.717, 1.165) is 13.0 Å². The van der Waals surface area contributed by atoms with Crippen molar-refractivity contribution in [2.45, 2.75) is 26.4 Å². The lowest BCUT2D eigenvalue weighted by Crippen LogP contribution is -2.07. The van der Waals surface area contributed by atoms with E-state index in [0.29, 0.717) is 0 Å². The van der Waals surface area contributed by atoms with Crippen LogP contribution in [0.15, 0.2) is 24.8 Å². The fourth-order valence-corrected chi connectivity index (χ4v) is 0.717. The molecule has 0 aromatic rings. The second kappa shape index (κ2) is 6.56. The van der Waals surface area contributed by atoms with Crippen molar-refractivity contribution < 1.29 is 4.74 Å². The Morgan fingerprint density at radius 2 is 2.30 bits per heavy atom. The van der Waals surface area contributed by atoms with Gasteiger partial charge in [-0.15, -0.1) is 6.58 Å². The van der Waals surface area contributed by atoms with Crippen LogP contribution in [0.4, 0.5) is 0 Å². The zero-order chi connectivity index (χ0) is 7.82. The lowest BCUT2D eigenvalue weighted by atomic mass is 10.2. The third-order valence-corrected chi connectivity index (χ3v) is 1.25. The molecule has 1 unspecified atom stereocenters. The monoisotopic (exact) mass is 140 g/mol. The molecule has 0 amide bonds. The Hall–Kier alpha value is -0.560. The first-order valence-electron chi connectivity index (χ1n) is 3.70. The molecular weight excluding hydrogens is 124 g/mol. The molecule has 0 aromatic carbocycles. The van der Waals surface area contributed by atoms with Crippen LogP contribution in [-0.2, 0) is 4.74 Å². The molecular formula is C9H16O. The van der Waals surface area contributed by atoms with E-state index in [-0.39, 0.29) is 6.10 Å². The molecule has 0 aliphatic carbocycles. The molecule has 0 N–H and O–H groups in total. The van der Waals surface area contributed by atoms with E-state index in [1.165, 1.54) is 0 Å². The first-order valence-corrected chi connectivity index (χ1v) is 3.70. The van der Waals surface area contributed by atoms with Gasteiger partial charge in [0.05, 0.1) is 6.10 Å². The van der Waals surface area contributed by atoms with Crippen molar-refractivity contribution in [2.75, 3.05) is 6.61 Å². The zero-order valence-corrected chi connectivity index (χ0v) is 6.84. The van der Waals surface area contributed by atoms with Gasteiger partial charge >= 0.3 is 0 Å². The Bertz CT molecular complexity index is 105. The summed E-state index contributed by atoms with van der Waals surface area (Å²) in [6, 6.07) is 0. The molecule has 0 aromatic heterocycles. The van der Waals surface area contributed by atoms with Crippen LogP contribution in [-0.4, -0.2) is 12.7 Å². The van der Waals surface area contributed by atoms with Crippen LogP contribution in [0.2, 0.25) is 0 Å². The highest BCUT2D eigenvalue weighted by Gasteiger charge is 1.97. The van der Waals surface area contributed by atoms with Crippen molar-refractivity contribution in [3.8, 4) is 0 Å². The Morgan fingerprint density at radius 1 is 1.60 bits per heavy atom. The fraction of sp³-hybridized carbons (Fsp3) is 0.556. The molecule has 0 spiro atoms. The minimum absolute atomic E-state index is 0.196. The van der Waals surface area contributed by atoms with E-state index in [2.05, 4.69) is 12.7 Å². The second-order valence-corrected chi connectivity index (χ2v) is 2.03. The Morgan fingerprint density at radius 3 is 2.70 bits per heavy atom. The first-order chi connectivity index (χ1) is 4.85. The number of rotatable bonds is 5. The molecule has 0 rings (SSSR count). The summed E-state index contributed by atoms with van der Waals surface area (Å²) in [6.45, 7) is 8.43. The van der Waals surface area contributed by atoms with Crippen molar-refractivity contribution in [1.29, 1.82) is 0 Å². The lowest BCUT2D eigenvalue weighted by molar-refractivity contribution is 0.0988. The van der Waals surface area contributed by atoms with Crippen molar-refractivity contribution in [3.63, 3.8) is 0 Å². The maximum absolute atomic E-state index is 5.32. The maximum Gasteiger partial charge on any atom is 0.0787 e. The fourth-order valence-electron chi connectivity index (χ4n) is 0.717. The number of hydrogen-bond acceptors (Lipinski definition) is 1. The lowest BCUT2D eigenvalue weighted by Gasteiger charge is -2.08. The van der Waals surface area contributed by atoms with Crippen molar-refractivity contribution >= 4 is 0 Å². The van der Waals surface area contributed by atoms with Gasteiger partial charge in [0.2, 0.25) is 0 Å². The van der Waals surface area contributed by atoms with Gasteiger partial charge in [-0.05, 0) is 20.3 Å². The summed E-state index contributed by atoms with van der Waals surface area (Å²) in [4.78, 5) is 0. The van der Waals surface area contributed by atoms with Gasteiger partial charge in [-0.1, -0.05) is 18.2 Å². The van der Waals surface area contributed by atoms with Gasteiger partial charge in [-0.25, -0.2) is 0 Å². The minimum atomic E-state index is 0.196. The molecule has 10 heavy (non-hydrogen) atoms. The predicted octanol–water partition coefficient (Wildman–Crippen LogP) is 2.54. The zero-order valence-electron chi connectivity index (χ0n) is 6.84. The van der Waals surface area contributed by atoms with E-state index >= 15 is 0 Å². The van der Waals surface area contributed by atoms with Crippen molar-refractivity contribution in [1.82, 2.24) is 0 Å². The smallest absolute Gasteiger partial charge is 0.0787 e. The molecule has 0 saturated heterocycles. The predicted molar refractivity (Wildman–Crippen MR) is 45.0 cm³/mol. The number of allylic oxidation sites excluding steroid dienone is 1. The average molecular weight is 140 g/mol. The summed E-state index contributed by atoms with van der Waals surface area (Å²) in [5, 5.41) is 0. The molecule has 0 fully saturated rings. The summed E-state index contributed by atoms with van der Waals surface area (Å²) in [7, 11) is 0. The molecule has 0 radical (unpaired) electrons. The molecule has 1 atom stereocenters. The summed E-state index contributed by atoms with van der Waals surface area (Å²) in [6.07, 6.45) is 7.08. The maximum atomic E-state index is 5.32. The summed E-state index contributed by atoms with van der Waals surface area (Å²) in [5.74, 6) is 0. The van der Waals surface area contributed by atoms with Crippen LogP contribution in [0.3, 0.4) is 0 Å². The molecule has 58 valence electrons. The highest BCUT2D eigenvalue weighted by atomic mass is 16.5. The molecule has 1 nitrogen and oxygen atoms in total. The molecule has 0 aliphatic heterocycles. The highest BCUT2D eigenvalue weighted by Crippen LogP contribution is 1.99. The van der Waals surface area contributed by atoms with Crippen LogP contribution in [0, 0.1) is 0 Å². The van der Waals surface area contributed by atoms with Gasteiger partial charge in [0.25, 0.3) is 0 Å². The van der Waals surface area contributed by atoms with Gasteiger partial charge in [0, 0.05) is 6.61 Å². The van der Waals surface area contributed by atoms with Crippen LogP contribution < -0.4 is 0 Å². The topological polar surface area (TPSA) is 9.23 Å². The van der Waals surface area contributed by atoms with Gasteiger partial charge in [-0.2, -0.15) is 0 Å². The molecule has 0 saturated carbocycles. The summed E-state index contributed by atoms with van der Waals surface area (Å²) in [5.41, 5.74) is 0. The van der Waals surface area contributed by atoms with E-state index < -0.39 is 0 Å². The Balaban J connectivity index is 3.49. The van der Waals surface area contributed by atoms with E-state index in [4.69, 9.17) is 4.74 Å². The van der Waals surface area contributed by atoms with Crippen molar-refractivity contribution in [3.05, 3.63) is 24.8 Å². The summed E-state index contributed by atoms with van der Waals surface area (Å²) >= 11 is 0. The van der Waals surface area contributed by atoms with Gasteiger partial charge in [0.15, 0.2) is 0 Å². The Kier molecular flexibility index (Phi) is 6.19. The van der Waals surface area contributed by atoms with Crippen molar-refractivity contribution in [2.24, 2.45) is 0 Å². The molecule has 1 heteroatoms. The van der Waals surface area contributed by atoms with Crippen LogP contribution >= 0.6 is 0 Å². The normalized spacial score (nSPS) is 13.8. The van der Waals surface area contributed by atoms with Gasteiger partial charge in [0.1, 0.15) is 0 Å². The number of hydrogen-bond donors (Lipinski definition) is 0. The molecule has 0 heterocycles. The third kappa shape index (κ3) is 4.33.